The molecule has 0 saturated carbocycles. The maximum atomic E-state index is 5.77. The highest BCUT2D eigenvalue weighted by molar-refractivity contribution is 5.30. The molecule has 0 radical (unpaired) electrons. The molecule has 0 aliphatic rings. The Bertz CT molecular complexity index is 561. The third kappa shape index (κ3) is 4.90. The third-order valence-corrected chi connectivity index (χ3v) is 3.21. The van der Waals surface area contributed by atoms with Gasteiger partial charge in [0.25, 0.3) is 0 Å². The number of rotatable bonds is 7. The number of hydrogen-bond acceptors (Lipinski definition) is 4. The van der Waals surface area contributed by atoms with Crippen LogP contribution in [0.3, 0.4) is 0 Å². The first-order valence-corrected chi connectivity index (χ1v) is 7.45. The Labute approximate surface area is 126 Å². The number of nitrogens with one attached hydrogen (secondary N) is 1. The highest BCUT2D eigenvalue weighted by atomic mass is 16.5. The Morgan fingerprint density at radius 1 is 1.19 bits per heavy atom. The molecule has 0 amide bonds. The lowest BCUT2D eigenvalue weighted by Gasteiger charge is -2.08. The Morgan fingerprint density at radius 3 is 2.71 bits per heavy atom. The van der Waals surface area contributed by atoms with Crippen LogP contribution in [0.25, 0.3) is 0 Å². The molecule has 1 heterocycles. The fraction of sp³-hybridized carbons (Fsp3) is 0.471. The summed E-state index contributed by atoms with van der Waals surface area (Å²) in [4.78, 5) is 0. The average Bonchev–Trinajstić information content (AvgIpc) is 2.91. The summed E-state index contributed by atoms with van der Waals surface area (Å²) in [5, 5.41) is 7.33. The van der Waals surface area contributed by atoms with Gasteiger partial charge in [0.1, 0.15) is 12.4 Å². The molecule has 2 rings (SSSR count). The molecule has 0 spiro atoms. The van der Waals surface area contributed by atoms with Crippen LogP contribution in [0.15, 0.2) is 34.9 Å². The van der Waals surface area contributed by atoms with Crippen molar-refractivity contribution in [2.75, 3.05) is 0 Å². The molecule has 1 aromatic carbocycles. The minimum absolute atomic E-state index is 0.399. The van der Waals surface area contributed by atoms with E-state index in [9.17, 15) is 0 Å². The van der Waals surface area contributed by atoms with Gasteiger partial charge in [-0.2, -0.15) is 0 Å². The fourth-order valence-electron chi connectivity index (χ4n) is 1.93. The van der Waals surface area contributed by atoms with Gasteiger partial charge in [-0.1, -0.05) is 45.0 Å². The molecular weight excluding hydrogens is 264 g/mol. The van der Waals surface area contributed by atoms with Crippen LogP contribution in [0.4, 0.5) is 0 Å². The van der Waals surface area contributed by atoms with Crippen LogP contribution in [0, 0.1) is 0 Å². The van der Waals surface area contributed by atoms with E-state index < -0.39 is 0 Å². The quantitative estimate of drug-likeness (QED) is 0.840. The first kappa shape index (κ1) is 15.6. The van der Waals surface area contributed by atoms with Gasteiger partial charge in [-0.3, -0.25) is 0 Å². The molecule has 4 nitrogen and oxygen atoms in total. The van der Waals surface area contributed by atoms with Crippen molar-refractivity contribution in [3.63, 3.8) is 0 Å². The maximum Gasteiger partial charge on any atom is 0.174 e. The molecule has 1 aromatic heterocycles. The van der Waals surface area contributed by atoms with Crippen molar-refractivity contribution >= 4 is 0 Å². The summed E-state index contributed by atoms with van der Waals surface area (Å²) in [7, 11) is 0. The number of aromatic nitrogens is 1. The summed E-state index contributed by atoms with van der Waals surface area (Å²) >= 11 is 0. The standard InChI is InChI=1S/C17H24N2O2/c1-12(2)14-6-5-7-16(8-14)20-11-17-9-15(19-21-17)10-18-13(3)4/h5-9,12-13,18H,10-11H2,1-4H3. The lowest BCUT2D eigenvalue weighted by atomic mass is 10.0. The highest BCUT2D eigenvalue weighted by Gasteiger charge is 2.06. The topological polar surface area (TPSA) is 47.3 Å². The minimum atomic E-state index is 0.399. The molecule has 0 fully saturated rings. The van der Waals surface area contributed by atoms with Crippen LogP contribution in [0.5, 0.6) is 5.75 Å². The van der Waals surface area contributed by atoms with Crippen LogP contribution < -0.4 is 10.1 Å². The first-order chi connectivity index (χ1) is 10.0. The van der Waals surface area contributed by atoms with E-state index >= 15 is 0 Å². The zero-order chi connectivity index (χ0) is 15.2. The fourth-order valence-corrected chi connectivity index (χ4v) is 1.93. The van der Waals surface area contributed by atoms with Crippen molar-refractivity contribution < 1.29 is 9.26 Å². The van der Waals surface area contributed by atoms with Gasteiger partial charge in [0.15, 0.2) is 5.76 Å². The Morgan fingerprint density at radius 2 is 2.00 bits per heavy atom. The lowest BCUT2D eigenvalue weighted by molar-refractivity contribution is 0.248. The molecule has 0 aliphatic heterocycles. The van der Waals surface area contributed by atoms with Gasteiger partial charge in [-0.05, 0) is 23.6 Å². The predicted octanol–water partition coefficient (Wildman–Crippen LogP) is 3.88. The van der Waals surface area contributed by atoms with Crippen LogP contribution in [-0.2, 0) is 13.2 Å². The molecule has 0 unspecified atom stereocenters. The molecule has 0 bridgehead atoms. The van der Waals surface area contributed by atoms with Crippen molar-refractivity contribution in [1.82, 2.24) is 10.5 Å². The molecular formula is C17H24N2O2. The van der Waals surface area contributed by atoms with E-state index in [2.05, 4.69) is 50.3 Å². The third-order valence-electron chi connectivity index (χ3n) is 3.21. The van der Waals surface area contributed by atoms with Crippen molar-refractivity contribution in [3.05, 3.63) is 47.3 Å². The van der Waals surface area contributed by atoms with Gasteiger partial charge < -0.3 is 14.6 Å². The number of hydrogen-bond donors (Lipinski definition) is 1. The van der Waals surface area contributed by atoms with E-state index in [1.54, 1.807) is 0 Å². The van der Waals surface area contributed by atoms with Crippen molar-refractivity contribution in [3.8, 4) is 5.75 Å². The minimum Gasteiger partial charge on any atom is -0.486 e. The second kappa shape index (κ2) is 7.27. The van der Waals surface area contributed by atoms with Crippen LogP contribution >= 0.6 is 0 Å². The second-order valence-electron chi connectivity index (χ2n) is 5.84. The average molecular weight is 288 g/mol. The van der Waals surface area contributed by atoms with Gasteiger partial charge in [0, 0.05) is 18.7 Å². The molecule has 114 valence electrons. The van der Waals surface area contributed by atoms with Crippen molar-refractivity contribution in [2.45, 2.75) is 52.8 Å². The largest absolute Gasteiger partial charge is 0.486 e. The van der Waals surface area contributed by atoms with Gasteiger partial charge >= 0.3 is 0 Å². The summed E-state index contributed by atoms with van der Waals surface area (Å²) in [6, 6.07) is 10.5. The lowest BCUT2D eigenvalue weighted by Crippen LogP contribution is -2.21. The number of benzene rings is 1. The summed E-state index contributed by atoms with van der Waals surface area (Å²) in [6.07, 6.45) is 0. The normalized spacial score (nSPS) is 11.3. The monoisotopic (exact) mass is 288 g/mol. The SMILES string of the molecule is CC(C)NCc1cc(COc2cccc(C(C)C)c2)on1. The van der Waals surface area contributed by atoms with E-state index in [0.717, 1.165) is 17.2 Å². The highest BCUT2D eigenvalue weighted by Crippen LogP contribution is 2.21. The summed E-state index contributed by atoms with van der Waals surface area (Å²) in [6.45, 7) is 9.66. The number of ether oxygens (including phenoxy) is 1. The molecule has 4 heteroatoms. The molecule has 1 N–H and O–H groups in total. The van der Waals surface area contributed by atoms with Crippen molar-refractivity contribution in [2.24, 2.45) is 0 Å². The van der Waals surface area contributed by atoms with Gasteiger partial charge in [0.2, 0.25) is 0 Å². The Hall–Kier alpha value is -1.81. The molecule has 0 atom stereocenters. The van der Waals surface area contributed by atoms with E-state index in [1.807, 2.05) is 18.2 Å². The van der Waals surface area contributed by atoms with E-state index in [-0.39, 0.29) is 0 Å². The zero-order valence-corrected chi connectivity index (χ0v) is 13.2. The summed E-state index contributed by atoms with van der Waals surface area (Å²) in [5.41, 5.74) is 2.17. The summed E-state index contributed by atoms with van der Waals surface area (Å²) in [5.74, 6) is 2.09. The second-order valence-corrected chi connectivity index (χ2v) is 5.84. The summed E-state index contributed by atoms with van der Waals surface area (Å²) < 4.78 is 11.0. The molecule has 0 aliphatic carbocycles. The Kier molecular flexibility index (Phi) is 5.39. The smallest absolute Gasteiger partial charge is 0.174 e. The molecule has 0 saturated heterocycles. The first-order valence-electron chi connectivity index (χ1n) is 7.45. The van der Waals surface area contributed by atoms with Crippen LogP contribution in [-0.4, -0.2) is 11.2 Å². The number of nitrogens with zero attached hydrogens (tertiary/aromatic N) is 1. The Balaban J connectivity index is 1.89. The van der Waals surface area contributed by atoms with Crippen LogP contribution in [0.2, 0.25) is 0 Å². The molecule has 21 heavy (non-hydrogen) atoms. The van der Waals surface area contributed by atoms with E-state index in [1.165, 1.54) is 5.56 Å². The molecule has 2 aromatic rings. The van der Waals surface area contributed by atoms with Gasteiger partial charge in [0.05, 0.1) is 5.69 Å². The van der Waals surface area contributed by atoms with E-state index in [0.29, 0.717) is 25.1 Å². The zero-order valence-electron chi connectivity index (χ0n) is 13.2. The predicted molar refractivity (Wildman–Crippen MR) is 83.3 cm³/mol. The van der Waals surface area contributed by atoms with Gasteiger partial charge in [-0.15, -0.1) is 0 Å². The van der Waals surface area contributed by atoms with Gasteiger partial charge in [-0.25, -0.2) is 0 Å². The van der Waals surface area contributed by atoms with Crippen molar-refractivity contribution in [1.29, 1.82) is 0 Å². The maximum absolute atomic E-state index is 5.77. The van der Waals surface area contributed by atoms with Crippen LogP contribution in [0.1, 0.15) is 50.6 Å². The van der Waals surface area contributed by atoms with E-state index in [4.69, 9.17) is 9.26 Å².